The molecule has 1 heterocycles. The first-order valence-corrected chi connectivity index (χ1v) is 26.3. The zero-order valence-electron chi connectivity index (χ0n) is 45.0. The fraction of sp³-hybridized carbons (Fsp3) is 0.311. The van der Waals surface area contributed by atoms with Crippen LogP contribution in [0.25, 0.3) is 11.3 Å². The van der Waals surface area contributed by atoms with Crippen LogP contribution in [0.1, 0.15) is 126 Å². The molecule has 0 bridgehead atoms. The van der Waals surface area contributed by atoms with Crippen molar-refractivity contribution in [2.24, 2.45) is 5.92 Å². The number of carbonyl (C=O) groups is 8. The second-order valence-corrected chi connectivity index (χ2v) is 18.8. The van der Waals surface area contributed by atoms with Crippen LogP contribution in [0, 0.1) is 11.7 Å². The minimum Gasteiger partial charge on any atom is -0.481 e. The van der Waals surface area contributed by atoms with Gasteiger partial charge in [0.05, 0.1) is 36.2 Å². The molecular weight excluding hydrogens is 1030 g/mol. The molecule has 0 fully saturated rings. The number of nitrogens with zero attached hydrogens (tertiary/aromatic N) is 1. The maximum Gasteiger partial charge on any atom is 0.363 e. The zero-order chi connectivity index (χ0) is 57.4. The van der Waals surface area contributed by atoms with Gasteiger partial charge in [0.25, 0.3) is 11.8 Å². The number of hydroxylamine groups is 2. The van der Waals surface area contributed by atoms with Gasteiger partial charge in [-0.1, -0.05) is 144 Å². The van der Waals surface area contributed by atoms with Crippen molar-refractivity contribution in [3.63, 3.8) is 0 Å². The van der Waals surface area contributed by atoms with Gasteiger partial charge in [0, 0.05) is 5.56 Å². The van der Waals surface area contributed by atoms with E-state index in [-0.39, 0.29) is 72.8 Å². The van der Waals surface area contributed by atoms with Crippen molar-refractivity contribution in [3.8, 4) is 17.1 Å². The summed E-state index contributed by atoms with van der Waals surface area (Å²) in [5.41, 5.74) is 2.66. The average Bonchev–Trinajstić information content (AvgIpc) is 4.01. The molecule has 3 atom stereocenters. The molecule has 6 rings (SSSR count). The maximum atomic E-state index is 14.2. The van der Waals surface area contributed by atoms with Crippen LogP contribution < -0.4 is 20.7 Å². The van der Waals surface area contributed by atoms with Gasteiger partial charge in [0.1, 0.15) is 43.2 Å². The Bertz CT molecular complexity index is 3040. The molecule has 3 N–H and O–H groups in total. The van der Waals surface area contributed by atoms with Crippen molar-refractivity contribution in [2.45, 2.75) is 104 Å². The third-order valence-electron chi connectivity index (χ3n) is 12.7. The lowest BCUT2D eigenvalue weighted by atomic mass is 9.90. The molecule has 420 valence electrons. The summed E-state index contributed by atoms with van der Waals surface area (Å²) >= 11 is 0. The first-order chi connectivity index (χ1) is 38.7. The summed E-state index contributed by atoms with van der Waals surface area (Å²) in [4.78, 5) is 113. The van der Waals surface area contributed by atoms with Gasteiger partial charge in [-0.05, 0) is 83.5 Å². The van der Waals surface area contributed by atoms with Crippen LogP contribution in [0.4, 0.5) is 4.39 Å². The molecule has 0 saturated carbocycles. The third-order valence-corrected chi connectivity index (χ3v) is 12.7. The molecule has 0 saturated heterocycles. The topological polar surface area (TPSA) is 235 Å². The number of furan rings is 1. The molecule has 80 heavy (non-hydrogen) atoms. The van der Waals surface area contributed by atoms with Crippen molar-refractivity contribution in [2.75, 3.05) is 13.3 Å². The van der Waals surface area contributed by atoms with E-state index in [0.29, 0.717) is 35.9 Å². The minimum absolute atomic E-state index is 0.0570. The highest BCUT2D eigenvalue weighted by Gasteiger charge is 2.34. The van der Waals surface area contributed by atoms with Gasteiger partial charge >= 0.3 is 23.9 Å². The van der Waals surface area contributed by atoms with E-state index >= 15 is 0 Å². The number of hydrogen-bond donors (Lipinski definition) is 3. The van der Waals surface area contributed by atoms with Crippen molar-refractivity contribution >= 4 is 48.0 Å². The molecule has 0 unspecified atom stereocenters. The van der Waals surface area contributed by atoms with E-state index in [9.17, 15) is 42.7 Å². The van der Waals surface area contributed by atoms with Crippen LogP contribution in [-0.2, 0) is 62.8 Å². The Morgan fingerprint density at radius 2 is 1.29 bits per heavy atom. The Hall–Kier alpha value is -9.13. The van der Waals surface area contributed by atoms with Crippen LogP contribution in [0.5, 0.6) is 5.75 Å². The molecule has 0 spiro atoms. The molecule has 0 aliphatic rings. The Labute approximate surface area is 463 Å². The Balaban J connectivity index is 1.16. The predicted molar refractivity (Wildman–Crippen MR) is 290 cm³/mol. The summed E-state index contributed by atoms with van der Waals surface area (Å²) < 4.78 is 42.3. The van der Waals surface area contributed by atoms with Crippen LogP contribution in [-0.4, -0.2) is 78.4 Å². The summed E-state index contributed by atoms with van der Waals surface area (Å²) in [6.45, 7) is 5.98. The molecule has 6 aromatic rings. The van der Waals surface area contributed by atoms with E-state index in [2.05, 4.69) is 16.0 Å². The van der Waals surface area contributed by atoms with Crippen LogP contribution >= 0.6 is 0 Å². The molecule has 18 nitrogen and oxygen atoms in total. The normalized spacial score (nSPS) is 12.0. The van der Waals surface area contributed by atoms with Crippen molar-refractivity contribution < 1.29 is 70.9 Å². The number of unbranched alkanes of at least 4 members (excludes halogenated alkanes) is 2. The number of amides is 4. The van der Waals surface area contributed by atoms with Crippen molar-refractivity contribution in [1.29, 1.82) is 0 Å². The summed E-state index contributed by atoms with van der Waals surface area (Å²) in [6, 6.07) is 34.9. The molecule has 19 heteroatoms. The highest BCUT2D eigenvalue weighted by Crippen LogP contribution is 2.30. The number of ether oxygens (including phenoxy) is 4. The number of esters is 3. The lowest BCUT2D eigenvalue weighted by molar-refractivity contribution is -0.171. The molecule has 5 aromatic carbocycles. The number of benzene rings is 5. The summed E-state index contributed by atoms with van der Waals surface area (Å²) in [6.07, 6.45) is 2.48. The third kappa shape index (κ3) is 18.0. The fourth-order valence-corrected chi connectivity index (χ4v) is 8.43. The largest absolute Gasteiger partial charge is 0.481 e. The average molecular weight is 1100 g/mol. The lowest BCUT2D eigenvalue weighted by Crippen LogP contribution is -2.49. The second kappa shape index (κ2) is 30.7. The van der Waals surface area contributed by atoms with E-state index in [4.69, 9.17) is 28.2 Å². The highest BCUT2D eigenvalue weighted by molar-refractivity contribution is 6.00. The van der Waals surface area contributed by atoms with E-state index in [1.54, 1.807) is 99.6 Å². The van der Waals surface area contributed by atoms with Crippen molar-refractivity contribution in [3.05, 3.63) is 184 Å². The predicted octanol–water partition coefficient (Wildman–Crippen LogP) is 9.32. The SMILES string of the molecule is CCCCC[C@@H](C(=O)NCNC(=O)c1ccc(-c2ccc(C(=O)N[C@@H](CC(=O)OCc3ccccc3)C(=O)OCc3ccccc3)c(OCC(=O)OCc3ccccc3)c2)o1)[C@@H](CC)N(C=O)OC(=O)c1ccc(F)cc1C(C)C. The van der Waals surface area contributed by atoms with Crippen LogP contribution in [0.3, 0.4) is 0 Å². The summed E-state index contributed by atoms with van der Waals surface area (Å²) in [7, 11) is 0. The van der Waals surface area contributed by atoms with Gasteiger partial charge in [-0.15, -0.1) is 0 Å². The number of hydrogen-bond acceptors (Lipinski definition) is 14. The quantitative estimate of drug-likeness (QED) is 0.00952. The van der Waals surface area contributed by atoms with Crippen molar-refractivity contribution in [1.82, 2.24) is 21.0 Å². The summed E-state index contributed by atoms with van der Waals surface area (Å²) in [5, 5.41) is 8.68. The molecule has 0 aliphatic heterocycles. The number of halogens is 1. The monoisotopic (exact) mass is 1100 g/mol. The fourth-order valence-electron chi connectivity index (χ4n) is 8.43. The Morgan fingerprint density at radius 3 is 1.89 bits per heavy atom. The maximum absolute atomic E-state index is 14.2. The summed E-state index contributed by atoms with van der Waals surface area (Å²) in [5.74, 6) is -7.39. The standard InChI is InChI=1S/C61H65FN4O14/c1-5-7-11-24-47(51(6-2)66(39-67)80-60(73)46-28-26-45(62)32-49(46)40(3)4)57(70)63-38-64-59(72)53-30-29-52(79-53)44-25-27-48(54(31-44)75-37-56(69)77-35-42-20-14-9-15-21-42)58(71)65-50(61(74)78-36-43-22-16-10-17-23-43)33-55(68)76-34-41-18-12-8-13-19-41/h8-10,12-23,25-32,39-40,47,50-51H,5-7,11,24,33-38H2,1-4H3,(H,63,70)(H,64,72)(H,65,71)/t47-,50+,51-/m1/s1. The highest BCUT2D eigenvalue weighted by atomic mass is 19.1. The number of nitrogens with one attached hydrogen (secondary N) is 3. The van der Waals surface area contributed by atoms with Gasteiger partial charge < -0.3 is 44.2 Å². The first-order valence-electron chi connectivity index (χ1n) is 26.3. The Kier molecular flexibility index (Phi) is 23.1. The first kappa shape index (κ1) is 60.1. The second-order valence-electron chi connectivity index (χ2n) is 18.8. The van der Waals surface area contributed by atoms with E-state index in [1.165, 1.54) is 42.5 Å². The van der Waals surface area contributed by atoms with Gasteiger partial charge in [-0.3, -0.25) is 24.0 Å². The molecule has 1 aromatic heterocycles. The lowest BCUT2D eigenvalue weighted by Gasteiger charge is -2.32. The van der Waals surface area contributed by atoms with Gasteiger partial charge in [-0.25, -0.2) is 18.8 Å². The molecular formula is C61H65FN4O14. The van der Waals surface area contributed by atoms with Gasteiger partial charge in [0.2, 0.25) is 12.3 Å². The minimum atomic E-state index is -1.53. The number of rotatable bonds is 30. The van der Waals surface area contributed by atoms with E-state index < -0.39 is 78.4 Å². The zero-order valence-corrected chi connectivity index (χ0v) is 45.0. The van der Waals surface area contributed by atoms with Gasteiger partial charge in [0.15, 0.2) is 12.4 Å². The van der Waals surface area contributed by atoms with Gasteiger partial charge in [-0.2, -0.15) is 5.06 Å². The molecule has 0 radical (unpaired) electrons. The Morgan fingerprint density at radius 1 is 0.675 bits per heavy atom. The smallest absolute Gasteiger partial charge is 0.363 e. The van der Waals surface area contributed by atoms with Crippen LogP contribution in [0.2, 0.25) is 0 Å². The van der Waals surface area contributed by atoms with E-state index in [0.717, 1.165) is 29.5 Å². The number of carbonyl (C=O) groups excluding carboxylic acids is 8. The van der Waals surface area contributed by atoms with Crippen LogP contribution in [0.15, 0.2) is 144 Å². The molecule has 4 amide bonds. The molecule has 0 aliphatic carbocycles. The van der Waals surface area contributed by atoms with E-state index in [1.807, 2.05) is 19.1 Å².